The molecule has 1 unspecified atom stereocenters. The number of aliphatic carboxylic acids is 1. The molecule has 1 rings (SSSR count). The van der Waals surface area contributed by atoms with Gasteiger partial charge in [-0.25, -0.2) is 9.18 Å². The molecular formula is C13H15ClFNO3. The number of halogens is 2. The predicted octanol–water partition coefficient (Wildman–Crippen LogP) is 2.71. The Kier molecular flexibility index (Phi) is 4.52. The van der Waals surface area contributed by atoms with Gasteiger partial charge in [-0.05, 0) is 17.5 Å². The van der Waals surface area contributed by atoms with Crippen LogP contribution in [0.5, 0.6) is 0 Å². The number of carbonyl (C=O) groups excluding carboxylic acids is 1. The van der Waals surface area contributed by atoms with Crippen LogP contribution in [-0.4, -0.2) is 23.0 Å². The zero-order valence-corrected chi connectivity index (χ0v) is 11.6. The number of carboxylic acids is 1. The van der Waals surface area contributed by atoms with E-state index in [4.69, 9.17) is 16.7 Å². The third kappa shape index (κ3) is 3.67. The van der Waals surface area contributed by atoms with Gasteiger partial charge in [-0.3, -0.25) is 4.79 Å². The summed E-state index contributed by atoms with van der Waals surface area (Å²) in [7, 11) is 0. The highest BCUT2D eigenvalue weighted by Crippen LogP contribution is 2.22. The lowest BCUT2D eigenvalue weighted by Gasteiger charge is -2.27. The number of benzene rings is 1. The Bertz CT molecular complexity index is 511. The van der Waals surface area contributed by atoms with Crippen LogP contribution in [-0.2, 0) is 4.79 Å². The molecule has 0 aliphatic carbocycles. The number of hydrogen-bond acceptors (Lipinski definition) is 2. The van der Waals surface area contributed by atoms with Gasteiger partial charge in [0.15, 0.2) is 5.82 Å². The van der Waals surface area contributed by atoms with E-state index in [1.807, 2.05) is 0 Å². The van der Waals surface area contributed by atoms with Gasteiger partial charge in [0.2, 0.25) is 0 Å². The molecule has 0 radical (unpaired) electrons. The summed E-state index contributed by atoms with van der Waals surface area (Å²) in [6, 6.07) is 2.86. The third-order valence-electron chi connectivity index (χ3n) is 2.58. The van der Waals surface area contributed by atoms with Crippen molar-refractivity contribution in [2.24, 2.45) is 5.41 Å². The lowest BCUT2D eigenvalue weighted by molar-refractivity contribution is -0.142. The minimum atomic E-state index is -1.18. The number of carboxylic acid groups (broad SMARTS) is 1. The predicted molar refractivity (Wildman–Crippen MR) is 69.8 cm³/mol. The van der Waals surface area contributed by atoms with E-state index in [2.05, 4.69) is 5.32 Å². The fraction of sp³-hybridized carbons (Fsp3) is 0.385. The summed E-state index contributed by atoms with van der Waals surface area (Å²) in [5, 5.41) is 11.2. The van der Waals surface area contributed by atoms with Gasteiger partial charge < -0.3 is 10.4 Å². The molecule has 0 bridgehead atoms. The van der Waals surface area contributed by atoms with Crippen LogP contribution in [0.15, 0.2) is 18.2 Å². The topological polar surface area (TPSA) is 66.4 Å². The monoisotopic (exact) mass is 287 g/mol. The second-order valence-corrected chi connectivity index (χ2v) is 5.62. The van der Waals surface area contributed by atoms with Gasteiger partial charge in [0.25, 0.3) is 5.91 Å². The fourth-order valence-corrected chi connectivity index (χ4v) is 1.71. The van der Waals surface area contributed by atoms with E-state index in [1.54, 1.807) is 20.8 Å². The van der Waals surface area contributed by atoms with Crippen molar-refractivity contribution in [1.82, 2.24) is 5.32 Å². The Labute approximate surface area is 115 Å². The smallest absolute Gasteiger partial charge is 0.326 e. The average molecular weight is 288 g/mol. The molecule has 0 aliphatic heterocycles. The molecule has 1 atom stereocenters. The number of rotatable bonds is 3. The lowest BCUT2D eigenvalue weighted by atomic mass is 9.86. The largest absolute Gasteiger partial charge is 0.480 e. The van der Waals surface area contributed by atoms with Crippen molar-refractivity contribution in [3.8, 4) is 0 Å². The average Bonchev–Trinajstić information content (AvgIpc) is 2.27. The van der Waals surface area contributed by atoms with Crippen molar-refractivity contribution in [3.63, 3.8) is 0 Å². The Hall–Kier alpha value is -1.62. The molecule has 1 amide bonds. The molecule has 0 aromatic heterocycles. The number of amides is 1. The van der Waals surface area contributed by atoms with Gasteiger partial charge in [0.05, 0.1) is 10.6 Å². The zero-order chi connectivity index (χ0) is 14.8. The third-order valence-corrected chi connectivity index (χ3v) is 2.88. The molecule has 4 nitrogen and oxygen atoms in total. The molecule has 6 heteroatoms. The first-order valence-corrected chi connectivity index (χ1v) is 6.00. The van der Waals surface area contributed by atoms with Gasteiger partial charge >= 0.3 is 5.97 Å². The van der Waals surface area contributed by atoms with E-state index in [0.717, 1.165) is 0 Å². The quantitative estimate of drug-likeness (QED) is 0.898. The molecule has 0 saturated heterocycles. The van der Waals surface area contributed by atoms with Crippen LogP contribution in [0.2, 0.25) is 5.02 Å². The lowest BCUT2D eigenvalue weighted by Crippen LogP contribution is -2.49. The minimum Gasteiger partial charge on any atom is -0.480 e. The first-order chi connectivity index (χ1) is 8.64. The number of carbonyl (C=O) groups is 2. The molecule has 0 heterocycles. The zero-order valence-electron chi connectivity index (χ0n) is 10.8. The molecule has 0 aliphatic rings. The maximum absolute atomic E-state index is 13.7. The second kappa shape index (κ2) is 5.57. The molecular weight excluding hydrogens is 273 g/mol. The molecule has 1 aromatic carbocycles. The second-order valence-electron chi connectivity index (χ2n) is 5.21. The molecule has 0 saturated carbocycles. The van der Waals surface area contributed by atoms with Crippen molar-refractivity contribution in [3.05, 3.63) is 34.6 Å². The molecule has 19 heavy (non-hydrogen) atoms. The van der Waals surface area contributed by atoms with Crippen LogP contribution in [0.3, 0.4) is 0 Å². The Morgan fingerprint density at radius 1 is 1.37 bits per heavy atom. The standard InChI is InChI=1S/C13H15ClFNO3/c1-13(2,3)10(12(18)19)16-11(17)7-5-4-6-8(14)9(7)15/h4-6,10H,1-3H3,(H,16,17)(H,18,19). The summed E-state index contributed by atoms with van der Waals surface area (Å²) in [4.78, 5) is 23.0. The van der Waals surface area contributed by atoms with Gasteiger partial charge in [-0.15, -0.1) is 0 Å². The highest BCUT2D eigenvalue weighted by molar-refractivity contribution is 6.31. The first kappa shape index (κ1) is 15.4. The number of nitrogens with one attached hydrogen (secondary N) is 1. The molecule has 1 aromatic rings. The van der Waals surface area contributed by atoms with Crippen LogP contribution in [0.4, 0.5) is 4.39 Å². The van der Waals surface area contributed by atoms with Crippen LogP contribution < -0.4 is 5.32 Å². The van der Waals surface area contributed by atoms with Crippen molar-refractivity contribution in [2.75, 3.05) is 0 Å². The van der Waals surface area contributed by atoms with Gasteiger partial charge in [0.1, 0.15) is 6.04 Å². The molecule has 104 valence electrons. The summed E-state index contributed by atoms with van der Waals surface area (Å²) in [5.74, 6) is -2.84. The van der Waals surface area contributed by atoms with E-state index < -0.39 is 29.2 Å². The van der Waals surface area contributed by atoms with Gasteiger partial charge in [-0.1, -0.05) is 38.4 Å². The summed E-state index contributed by atoms with van der Waals surface area (Å²) in [6.45, 7) is 5.00. The Morgan fingerprint density at radius 3 is 2.42 bits per heavy atom. The van der Waals surface area contributed by atoms with Crippen LogP contribution >= 0.6 is 11.6 Å². The van der Waals surface area contributed by atoms with E-state index in [1.165, 1.54) is 18.2 Å². The van der Waals surface area contributed by atoms with E-state index in [0.29, 0.717) is 0 Å². The van der Waals surface area contributed by atoms with Crippen molar-refractivity contribution < 1.29 is 19.1 Å². The maximum atomic E-state index is 13.7. The van der Waals surface area contributed by atoms with Crippen molar-refractivity contribution in [2.45, 2.75) is 26.8 Å². The summed E-state index contributed by atoms with van der Waals surface area (Å²) >= 11 is 5.58. The van der Waals surface area contributed by atoms with Crippen molar-refractivity contribution >= 4 is 23.5 Å². The van der Waals surface area contributed by atoms with Crippen LogP contribution in [0.25, 0.3) is 0 Å². The van der Waals surface area contributed by atoms with Crippen molar-refractivity contribution in [1.29, 1.82) is 0 Å². The summed E-state index contributed by atoms with van der Waals surface area (Å²) in [6.07, 6.45) is 0. The van der Waals surface area contributed by atoms with Crippen LogP contribution in [0.1, 0.15) is 31.1 Å². The van der Waals surface area contributed by atoms with Gasteiger partial charge in [-0.2, -0.15) is 0 Å². The van der Waals surface area contributed by atoms with Gasteiger partial charge in [0, 0.05) is 0 Å². The highest BCUT2D eigenvalue weighted by atomic mass is 35.5. The van der Waals surface area contributed by atoms with E-state index >= 15 is 0 Å². The van der Waals surface area contributed by atoms with E-state index in [-0.39, 0.29) is 10.6 Å². The molecule has 0 spiro atoms. The normalized spacial score (nSPS) is 12.9. The number of hydrogen-bond donors (Lipinski definition) is 2. The first-order valence-electron chi connectivity index (χ1n) is 5.62. The Balaban J connectivity index is 3.02. The molecule has 0 fully saturated rings. The Morgan fingerprint density at radius 2 is 1.95 bits per heavy atom. The summed E-state index contributed by atoms with van der Waals surface area (Å²) in [5.41, 5.74) is -0.973. The highest BCUT2D eigenvalue weighted by Gasteiger charge is 2.33. The SMILES string of the molecule is CC(C)(C)C(NC(=O)c1cccc(Cl)c1F)C(=O)O. The van der Waals surface area contributed by atoms with E-state index in [9.17, 15) is 14.0 Å². The maximum Gasteiger partial charge on any atom is 0.326 e. The van der Waals surface area contributed by atoms with Crippen LogP contribution in [0, 0.1) is 11.2 Å². The minimum absolute atomic E-state index is 0.185. The molecule has 2 N–H and O–H groups in total. The fourth-order valence-electron chi connectivity index (χ4n) is 1.54. The summed E-state index contributed by atoms with van der Waals surface area (Å²) < 4.78 is 13.7.